The van der Waals surface area contributed by atoms with Crippen LogP contribution in [0.5, 0.6) is 6.01 Å². The Labute approximate surface area is 109 Å². The van der Waals surface area contributed by atoms with Gasteiger partial charge in [0.2, 0.25) is 11.9 Å². The van der Waals surface area contributed by atoms with Crippen LogP contribution in [0.25, 0.3) is 0 Å². The summed E-state index contributed by atoms with van der Waals surface area (Å²) in [6, 6.07) is 0.279. The van der Waals surface area contributed by atoms with E-state index in [0.29, 0.717) is 24.3 Å². The van der Waals surface area contributed by atoms with Gasteiger partial charge in [-0.3, -0.25) is 4.21 Å². The molecule has 0 radical (unpaired) electrons. The number of rotatable bonds is 7. The molecule has 1 heterocycles. The number of aromatic nitrogens is 3. The molecule has 8 heteroatoms. The van der Waals surface area contributed by atoms with Crippen molar-refractivity contribution >= 4 is 22.7 Å². The SMILES string of the molecule is CCOc1nc(NC)nc(NC(C)CS(C)=O)n1. The van der Waals surface area contributed by atoms with Crippen LogP contribution in [-0.4, -0.2) is 50.9 Å². The van der Waals surface area contributed by atoms with Crippen LogP contribution in [0.1, 0.15) is 13.8 Å². The molecule has 0 aliphatic rings. The molecule has 1 aromatic heterocycles. The largest absolute Gasteiger partial charge is 0.464 e. The molecular formula is C10H19N5O2S. The van der Waals surface area contributed by atoms with Gasteiger partial charge in [0.1, 0.15) is 0 Å². The zero-order chi connectivity index (χ0) is 13.5. The smallest absolute Gasteiger partial charge is 0.323 e. The lowest BCUT2D eigenvalue weighted by Crippen LogP contribution is -2.24. The van der Waals surface area contributed by atoms with Crippen LogP contribution < -0.4 is 15.4 Å². The Morgan fingerprint density at radius 2 is 2.00 bits per heavy atom. The maximum atomic E-state index is 11.1. The second-order valence-corrected chi connectivity index (χ2v) is 5.21. The number of nitrogens with one attached hydrogen (secondary N) is 2. The highest BCUT2D eigenvalue weighted by Crippen LogP contribution is 2.11. The molecule has 7 nitrogen and oxygen atoms in total. The summed E-state index contributed by atoms with van der Waals surface area (Å²) in [5, 5.41) is 5.91. The topological polar surface area (TPSA) is 89.0 Å². The number of hydrogen-bond acceptors (Lipinski definition) is 7. The van der Waals surface area contributed by atoms with E-state index in [1.54, 1.807) is 13.3 Å². The predicted octanol–water partition coefficient (Wildman–Crippen LogP) is 0.491. The number of nitrogens with zero attached hydrogens (tertiary/aromatic N) is 3. The molecule has 2 atom stereocenters. The van der Waals surface area contributed by atoms with E-state index in [-0.39, 0.29) is 12.1 Å². The Kier molecular flexibility index (Phi) is 5.76. The van der Waals surface area contributed by atoms with Gasteiger partial charge < -0.3 is 15.4 Å². The normalized spacial score (nSPS) is 13.8. The maximum Gasteiger partial charge on any atom is 0.323 e. The second kappa shape index (κ2) is 7.10. The number of ether oxygens (including phenoxy) is 1. The molecule has 2 N–H and O–H groups in total. The van der Waals surface area contributed by atoms with Crippen LogP contribution >= 0.6 is 0 Å². The molecule has 0 aromatic carbocycles. The first kappa shape index (κ1) is 14.6. The highest BCUT2D eigenvalue weighted by molar-refractivity contribution is 7.84. The molecule has 102 valence electrons. The number of hydrogen-bond donors (Lipinski definition) is 2. The molecule has 0 aliphatic heterocycles. The van der Waals surface area contributed by atoms with Crippen LogP contribution in [0.4, 0.5) is 11.9 Å². The molecule has 0 aliphatic carbocycles. The van der Waals surface area contributed by atoms with E-state index in [2.05, 4.69) is 25.6 Å². The van der Waals surface area contributed by atoms with E-state index in [1.165, 1.54) is 0 Å². The first-order valence-electron chi connectivity index (χ1n) is 5.68. The summed E-state index contributed by atoms with van der Waals surface area (Å²) in [6.07, 6.45) is 1.66. The summed E-state index contributed by atoms with van der Waals surface area (Å²) < 4.78 is 16.4. The fourth-order valence-electron chi connectivity index (χ4n) is 1.34. The van der Waals surface area contributed by atoms with Crippen LogP contribution in [0.3, 0.4) is 0 Å². The van der Waals surface area contributed by atoms with Crippen molar-refractivity contribution in [2.45, 2.75) is 19.9 Å². The Morgan fingerprint density at radius 1 is 1.33 bits per heavy atom. The molecule has 1 aromatic rings. The lowest BCUT2D eigenvalue weighted by molar-refractivity contribution is 0.312. The van der Waals surface area contributed by atoms with Crippen LogP contribution in [0, 0.1) is 0 Å². The first-order chi connectivity index (χ1) is 8.55. The molecule has 0 fully saturated rings. The highest BCUT2D eigenvalue weighted by Gasteiger charge is 2.10. The van der Waals surface area contributed by atoms with Crippen LogP contribution in [0.2, 0.25) is 0 Å². The van der Waals surface area contributed by atoms with Gasteiger partial charge in [0.15, 0.2) is 0 Å². The summed E-state index contributed by atoms with van der Waals surface area (Å²) in [5.74, 6) is 1.38. The van der Waals surface area contributed by atoms with E-state index in [0.717, 1.165) is 0 Å². The van der Waals surface area contributed by atoms with Crippen molar-refractivity contribution in [3.05, 3.63) is 0 Å². The van der Waals surface area contributed by atoms with Crippen molar-refractivity contribution in [2.75, 3.05) is 36.3 Å². The van der Waals surface area contributed by atoms with Crippen molar-refractivity contribution in [1.82, 2.24) is 15.0 Å². The third-order valence-corrected chi connectivity index (χ3v) is 2.94. The van der Waals surface area contributed by atoms with Gasteiger partial charge >= 0.3 is 6.01 Å². The zero-order valence-electron chi connectivity index (χ0n) is 11.1. The minimum atomic E-state index is -0.866. The third kappa shape index (κ3) is 4.82. The molecular weight excluding hydrogens is 254 g/mol. The Bertz CT molecular complexity index is 415. The summed E-state index contributed by atoms with van der Waals surface area (Å²) >= 11 is 0. The van der Waals surface area contributed by atoms with Crippen molar-refractivity contribution in [3.8, 4) is 6.01 Å². The summed E-state index contributed by atoms with van der Waals surface area (Å²) in [4.78, 5) is 12.3. The number of anilines is 2. The first-order valence-corrected chi connectivity index (χ1v) is 7.41. The van der Waals surface area contributed by atoms with E-state index in [1.807, 2.05) is 13.8 Å². The molecule has 2 unspecified atom stereocenters. The van der Waals surface area contributed by atoms with Crippen LogP contribution in [-0.2, 0) is 10.8 Å². The fourth-order valence-corrected chi connectivity index (χ4v) is 2.13. The lowest BCUT2D eigenvalue weighted by Gasteiger charge is -2.13. The minimum Gasteiger partial charge on any atom is -0.464 e. The second-order valence-electron chi connectivity index (χ2n) is 3.73. The van der Waals surface area contributed by atoms with Gasteiger partial charge in [0.25, 0.3) is 0 Å². The van der Waals surface area contributed by atoms with Gasteiger partial charge in [-0.05, 0) is 13.8 Å². The summed E-state index contributed by atoms with van der Waals surface area (Å²) in [6.45, 7) is 4.27. The van der Waals surface area contributed by atoms with Crippen molar-refractivity contribution in [1.29, 1.82) is 0 Å². The summed E-state index contributed by atoms with van der Waals surface area (Å²) in [5.41, 5.74) is 0. The fraction of sp³-hybridized carbons (Fsp3) is 0.700. The van der Waals surface area contributed by atoms with Crippen molar-refractivity contribution < 1.29 is 8.95 Å². The average molecular weight is 273 g/mol. The minimum absolute atomic E-state index is 0.0115. The van der Waals surface area contributed by atoms with Crippen LogP contribution in [0.15, 0.2) is 0 Å². The quantitative estimate of drug-likeness (QED) is 0.747. The predicted molar refractivity (Wildman–Crippen MR) is 72.6 cm³/mol. The highest BCUT2D eigenvalue weighted by atomic mass is 32.2. The molecule has 0 amide bonds. The van der Waals surface area contributed by atoms with Gasteiger partial charge in [-0.15, -0.1) is 0 Å². The Morgan fingerprint density at radius 3 is 2.56 bits per heavy atom. The monoisotopic (exact) mass is 273 g/mol. The molecule has 1 rings (SSSR count). The molecule has 0 saturated carbocycles. The molecule has 18 heavy (non-hydrogen) atoms. The Balaban J connectivity index is 2.80. The lowest BCUT2D eigenvalue weighted by atomic mass is 10.4. The molecule has 0 bridgehead atoms. The van der Waals surface area contributed by atoms with Gasteiger partial charge in [0, 0.05) is 35.9 Å². The van der Waals surface area contributed by atoms with Crippen molar-refractivity contribution in [2.24, 2.45) is 0 Å². The standard InChI is InChI=1S/C10H19N5O2S/c1-5-17-10-14-8(11-3)13-9(15-10)12-7(2)6-18(4)16/h7H,5-6H2,1-4H3,(H2,11,12,13,14,15). The molecule has 0 spiro atoms. The molecule has 0 saturated heterocycles. The zero-order valence-corrected chi connectivity index (χ0v) is 11.9. The van der Waals surface area contributed by atoms with E-state index < -0.39 is 10.8 Å². The average Bonchev–Trinajstić information content (AvgIpc) is 2.27. The van der Waals surface area contributed by atoms with E-state index in [4.69, 9.17) is 4.74 Å². The van der Waals surface area contributed by atoms with E-state index >= 15 is 0 Å². The third-order valence-electron chi connectivity index (χ3n) is 1.97. The Hall–Kier alpha value is -1.44. The van der Waals surface area contributed by atoms with Gasteiger partial charge in [-0.2, -0.15) is 15.0 Å². The van der Waals surface area contributed by atoms with E-state index in [9.17, 15) is 4.21 Å². The van der Waals surface area contributed by atoms with Crippen molar-refractivity contribution in [3.63, 3.8) is 0 Å². The van der Waals surface area contributed by atoms with Gasteiger partial charge in [0.05, 0.1) is 6.61 Å². The maximum absolute atomic E-state index is 11.1. The van der Waals surface area contributed by atoms with Gasteiger partial charge in [-0.25, -0.2) is 0 Å². The summed E-state index contributed by atoms with van der Waals surface area (Å²) in [7, 11) is 0.856. The van der Waals surface area contributed by atoms with Gasteiger partial charge in [-0.1, -0.05) is 0 Å².